The molecule has 2 heterocycles. The van der Waals surface area contributed by atoms with Crippen LogP contribution in [0.1, 0.15) is 18.1 Å². The summed E-state index contributed by atoms with van der Waals surface area (Å²) in [7, 11) is 0. The second kappa shape index (κ2) is 5.50. The molecule has 1 aliphatic heterocycles. The first-order valence-electron chi connectivity index (χ1n) is 6.83. The fourth-order valence-electron chi connectivity index (χ4n) is 2.37. The van der Waals surface area contributed by atoms with Gasteiger partial charge in [0, 0.05) is 6.42 Å². The van der Waals surface area contributed by atoms with Crippen molar-refractivity contribution in [3.05, 3.63) is 52.2 Å². The molecule has 1 aliphatic rings. The molecule has 0 unspecified atom stereocenters. The van der Waals surface area contributed by atoms with Crippen molar-refractivity contribution < 1.29 is 14.6 Å². The fraction of sp³-hybridized carbons (Fsp3) is 0.312. The quantitative estimate of drug-likeness (QED) is 0.909. The highest BCUT2D eigenvalue weighted by Gasteiger charge is 2.31. The van der Waals surface area contributed by atoms with Crippen LogP contribution in [0.25, 0.3) is 0 Å². The minimum Gasteiger partial charge on any atom is -0.480 e. The lowest BCUT2D eigenvalue weighted by molar-refractivity contribution is -0.128. The molecule has 0 saturated heterocycles. The van der Waals surface area contributed by atoms with Crippen LogP contribution in [-0.4, -0.2) is 23.7 Å². The van der Waals surface area contributed by atoms with E-state index >= 15 is 0 Å². The Morgan fingerprint density at radius 1 is 1.48 bits per heavy atom. The van der Waals surface area contributed by atoms with Crippen molar-refractivity contribution in [1.29, 1.82) is 0 Å². The van der Waals surface area contributed by atoms with Crippen molar-refractivity contribution in [1.82, 2.24) is 5.32 Å². The van der Waals surface area contributed by atoms with Gasteiger partial charge in [0.15, 0.2) is 6.10 Å². The standard InChI is InChI=1S/C16H17NO3S/c1-16(19,12-6-7-21-9-12)10-17-15(18)14-8-11-4-2-3-5-13(11)20-14/h2-7,9,14,19H,8,10H2,1H3,(H,17,18)/t14-,16-/m0/s1. The number of carbonyl (C=O) groups excluding carboxylic acids is 1. The van der Waals surface area contributed by atoms with Gasteiger partial charge in [-0.15, -0.1) is 0 Å². The molecule has 0 saturated carbocycles. The van der Waals surface area contributed by atoms with E-state index in [4.69, 9.17) is 4.74 Å². The lowest BCUT2D eigenvalue weighted by atomic mass is 9.99. The number of fused-ring (bicyclic) bond motifs is 1. The van der Waals surface area contributed by atoms with Crippen molar-refractivity contribution in [2.75, 3.05) is 6.54 Å². The maximum atomic E-state index is 12.2. The van der Waals surface area contributed by atoms with Crippen LogP contribution in [-0.2, 0) is 16.8 Å². The van der Waals surface area contributed by atoms with Gasteiger partial charge in [0.1, 0.15) is 11.4 Å². The number of hydrogen-bond donors (Lipinski definition) is 2. The van der Waals surface area contributed by atoms with Gasteiger partial charge in [0.2, 0.25) is 0 Å². The Bertz CT molecular complexity index is 612. The number of thiophene rings is 1. The number of nitrogens with one attached hydrogen (secondary N) is 1. The predicted molar refractivity (Wildman–Crippen MR) is 81.5 cm³/mol. The number of rotatable bonds is 4. The highest BCUT2D eigenvalue weighted by atomic mass is 32.1. The molecule has 1 aromatic carbocycles. The fourth-order valence-corrected chi connectivity index (χ4v) is 3.16. The molecule has 21 heavy (non-hydrogen) atoms. The number of aliphatic hydroxyl groups is 1. The number of benzene rings is 1. The summed E-state index contributed by atoms with van der Waals surface area (Å²) in [6.45, 7) is 1.86. The van der Waals surface area contributed by atoms with Gasteiger partial charge in [0.05, 0.1) is 6.54 Å². The molecule has 110 valence electrons. The molecule has 0 bridgehead atoms. The van der Waals surface area contributed by atoms with E-state index in [9.17, 15) is 9.90 Å². The van der Waals surface area contributed by atoms with Gasteiger partial charge in [-0.2, -0.15) is 11.3 Å². The molecular formula is C16H17NO3S. The Balaban J connectivity index is 1.59. The minimum atomic E-state index is -1.07. The summed E-state index contributed by atoms with van der Waals surface area (Å²) in [5.41, 5.74) is 0.784. The van der Waals surface area contributed by atoms with Gasteiger partial charge in [-0.3, -0.25) is 4.79 Å². The third kappa shape index (κ3) is 2.94. The zero-order valence-electron chi connectivity index (χ0n) is 11.7. The lowest BCUT2D eigenvalue weighted by Gasteiger charge is -2.23. The number of para-hydroxylation sites is 1. The molecule has 5 heteroatoms. The van der Waals surface area contributed by atoms with Crippen molar-refractivity contribution in [2.24, 2.45) is 0 Å². The monoisotopic (exact) mass is 303 g/mol. The summed E-state index contributed by atoms with van der Waals surface area (Å²) >= 11 is 1.52. The molecule has 2 aromatic rings. The molecule has 0 radical (unpaired) electrons. The Kier molecular flexibility index (Phi) is 3.69. The van der Waals surface area contributed by atoms with Crippen LogP contribution in [0.3, 0.4) is 0 Å². The molecule has 3 rings (SSSR count). The molecule has 0 fully saturated rings. The first-order chi connectivity index (χ1) is 10.1. The lowest BCUT2D eigenvalue weighted by Crippen LogP contribution is -2.44. The van der Waals surface area contributed by atoms with Gasteiger partial charge in [0.25, 0.3) is 5.91 Å². The van der Waals surface area contributed by atoms with E-state index in [-0.39, 0.29) is 12.5 Å². The predicted octanol–water partition coefficient (Wildman–Crippen LogP) is 2.08. The van der Waals surface area contributed by atoms with Crippen molar-refractivity contribution >= 4 is 17.2 Å². The summed E-state index contributed by atoms with van der Waals surface area (Å²) in [6.07, 6.45) is 0.0588. The SMILES string of the molecule is C[C@](O)(CNC(=O)[C@@H]1Cc2ccccc2O1)c1ccsc1. The maximum Gasteiger partial charge on any atom is 0.261 e. The van der Waals surface area contributed by atoms with Gasteiger partial charge >= 0.3 is 0 Å². The van der Waals surface area contributed by atoms with Crippen LogP contribution >= 0.6 is 11.3 Å². The van der Waals surface area contributed by atoms with Gasteiger partial charge in [-0.25, -0.2) is 0 Å². The van der Waals surface area contributed by atoms with Gasteiger partial charge in [-0.1, -0.05) is 18.2 Å². The number of hydrogen-bond acceptors (Lipinski definition) is 4. The van der Waals surface area contributed by atoms with E-state index in [1.165, 1.54) is 11.3 Å². The normalized spacial score (nSPS) is 19.4. The summed E-state index contributed by atoms with van der Waals surface area (Å²) in [4.78, 5) is 12.2. The molecule has 4 nitrogen and oxygen atoms in total. The van der Waals surface area contributed by atoms with Crippen molar-refractivity contribution in [3.8, 4) is 5.75 Å². The Morgan fingerprint density at radius 3 is 3.00 bits per heavy atom. The van der Waals surface area contributed by atoms with E-state index in [2.05, 4.69) is 5.32 Å². The molecular weight excluding hydrogens is 286 g/mol. The molecule has 0 spiro atoms. The van der Waals surface area contributed by atoms with Crippen LogP contribution in [0, 0.1) is 0 Å². The number of carbonyl (C=O) groups is 1. The molecule has 0 aliphatic carbocycles. The summed E-state index contributed by atoms with van der Waals surface area (Å²) in [6, 6.07) is 9.51. The largest absolute Gasteiger partial charge is 0.480 e. The van der Waals surface area contributed by atoms with E-state index in [0.29, 0.717) is 6.42 Å². The first-order valence-corrected chi connectivity index (χ1v) is 7.78. The summed E-state index contributed by atoms with van der Waals surface area (Å²) in [5.74, 6) is 0.573. The van der Waals surface area contributed by atoms with Crippen LogP contribution in [0.5, 0.6) is 5.75 Å². The number of amides is 1. The third-order valence-corrected chi connectivity index (χ3v) is 4.37. The summed E-state index contributed by atoms with van der Waals surface area (Å²) < 4.78 is 5.63. The van der Waals surface area contributed by atoms with Gasteiger partial charge < -0.3 is 15.2 Å². The molecule has 2 N–H and O–H groups in total. The van der Waals surface area contributed by atoms with Gasteiger partial charge in [-0.05, 0) is 40.9 Å². The second-order valence-corrected chi connectivity index (χ2v) is 6.20. The van der Waals surface area contributed by atoms with E-state index in [1.807, 2.05) is 41.1 Å². The first kappa shape index (κ1) is 14.1. The molecule has 1 amide bonds. The number of ether oxygens (including phenoxy) is 1. The van der Waals surface area contributed by atoms with Crippen LogP contribution in [0.4, 0.5) is 0 Å². The van der Waals surface area contributed by atoms with Crippen molar-refractivity contribution in [2.45, 2.75) is 25.0 Å². The smallest absolute Gasteiger partial charge is 0.261 e. The van der Waals surface area contributed by atoms with Crippen LogP contribution < -0.4 is 10.1 Å². The highest BCUT2D eigenvalue weighted by Crippen LogP contribution is 2.28. The van der Waals surface area contributed by atoms with Crippen LogP contribution in [0.15, 0.2) is 41.1 Å². The Morgan fingerprint density at radius 2 is 2.29 bits per heavy atom. The van der Waals surface area contributed by atoms with Crippen LogP contribution in [0.2, 0.25) is 0 Å². The van der Waals surface area contributed by atoms with E-state index < -0.39 is 11.7 Å². The second-order valence-electron chi connectivity index (χ2n) is 5.42. The maximum absolute atomic E-state index is 12.2. The minimum absolute atomic E-state index is 0.165. The van der Waals surface area contributed by atoms with Crippen molar-refractivity contribution in [3.63, 3.8) is 0 Å². The molecule has 2 atom stereocenters. The third-order valence-electron chi connectivity index (χ3n) is 3.69. The average Bonchev–Trinajstić information content (AvgIpc) is 3.13. The van der Waals surface area contributed by atoms with E-state index in [1.54, 1.807) is 6.92 Å². The Hall–Kier alpha value is -1.85. The Labute approximate surface area is 127 Å². The molecule has 1 aromatic heterocycles. The average molecular weight is 303 g/mol. The van der Waals surface area contributed by atoms with E-state index in [0.717, 1.165) is 16.9 Å². The zero-order chi connectivity index (χ0) is 14.9. The summed E-state index contributed by atoms with van der Waals surface area (Å²) in [5, 5.41) is 17.0. The zero-order valence-corrected chi connectivity index (χ0v) is 12.5. The highest BCUT2D eigenvalue weighted by molar-refractivity contribution is 7.08. The topological polar surface area (TPSA) is 58.6 Å².